The second-order valence-electron chi connectivity index (χ2n) is 4.99. The zero-order valence-electron chi connectivity index (χ0n) is 9.83. The summed E-state index contributed by atoms with van der Waals surface area (Å²) in [6.45, 7) is 9.08. The summed E-state index contributed by atoms with van der Waals surface area (Å²) in [4.78, 5) is 0. The van der Waals surface area contributed by atoms with E-state index >= 15 is 0 Å². The highest BCUT2D eigenvalue weighted by Gasteiger charge is 2.15. The van der Waals surface area contributed by atoms with Crippen molar-refractivity contribution in [1.29, 1.82) is 5.26 Å². The summed E-state index contributed by atoms with van der Waals surface area (Å²) in [7, 11) is 0. The molecule has 1 rings (SSSR count). The van der Waals surface area contributed by atoms with Crippen molar-refractivity contribution in [3.05, 3.63) is 11.3 Å². The molecule has 0 aliphatic heterocycles. The van der Waals surface area contributed by atoms with E-state index in [0.29, 0.717) is 17.1 Å². The zero-order valence-corrected chi connectivity index (χ0v) is 9.83. The lowest BCUT2D eigenvalue weighted by molar-refractivity contribution is 0.342. The Balaban J connectivity index is 2.85. The van der Waals surface area contributed by atoms with Crippen LogP contribution in [0.1, 0.15) is 38.4 Å². The lowest BCUT2D eigenvalue weighted by atomic mass is 9.92. The Morgan fingerprint density at radius 1 is 1.47 bits per heavy atom. The van der Waals surface area contributed by atoms with Crippen LogP contribution in [0, 0.1) is 23.7 Å². The molecule has 0 saturated heterocycles. The van der Waals surface area contributed by atoms with Crippen molar-refractivity contribution < 1.29 is 0 Å². The van der Waals surface area contributed by atoms with Crippen LogP contribution in [0.4, 0.5) is 5.82 Å². The Morgan fingerprint density at radius 3 is 2.47 bits per heavy atom. The summed E-state index contributed by atoms with van der Waals surface area (Å²) in [5, 5.41) is 13.1. The van der Waals surface area contributed by atoms with Gasteiger partial charge in [-0.05, 0) is 18.8 Å². The first-order valence-corrected chi connectivity index (χ1v) is 5.08. The first-order chi connectivity index (χ1) is 6.85. The number of nitriles is 1. The molecular weight excluding hydrogens is 188 g/mol. The van der Waals surface area contributed by atoms with Crippen LogP contribution in [0.3, 0.4) is 0 Å². The molecule has 0 aromatic carbocycles. The third-order valence-corrected chi connectivity index (χ3v) is 2.35. The van der Waals surface area contributed by atoms with Gasteiger partial charge in [-0.25, -0.2) is 4.68 Å². The van der Waals surface area contributed by atoms with Crippen molar-refractivity contribution in [2.45, 2.75) is 40.7 Å². The summed E-state index contributed by atoms with van der Waals surface area (Å²) in [6.07, 6.45) is 0.989. The third-order valence-electron chi connectivity index (χ3n) is 2.35. The molecule has 0 aliphatic carbocycles. The van der Waals surface area contributed by atoms with Crippen molar-refractivity contribution in [3.8, 4) is 6.07 Å². The van der Waals surface area contributed by atoms with E-state index in [2.05, 4.69) is 31.9 Å². The number of nitrogens with two attached hydrogens (primary N) is 1. The minimum absolute atomic E-state index is 0.249. The van der Waals surface area contributed by atoms with Crippen molar-refractivity contribution >= 4 is 5.82 Å². The number of hydrogen-bond acceptors (Lipinski definition) is 3. The van der Waals surface area contributed by atoms with Crippen molar-refractivity contribution in [3.63, 3.8) is 0 Å². The van der Waals surface area contributed by atoms with Gasteiger partial charge in [0, 0.05) is 6.54 Å². The highest BCUT2D eigenvalue weighted by Crippen LogP contribution is 2.22. The maximum absolute atomic E-state index is 8.86. The SMILES string of the molecule is Cc1nn(CCC(C)(C)C)c(N)c1C#N. The summed E-state index contributed by atoms with van der Waals surface area (Å²) in [6, 6.07) is 2.07. The van der Waals surface area contributed by atoms with Crippen LogP contribution in [0.25, 0.3) is 0 Å². The van der Waals surface area contributed by atoms with Gasteiger partial charge >= 0.3 is 0 Å². The van der Waals surface area contributed by atoms with Gasteiger partial charge < -0.3 is 5.73 Å². The second-order valence-corrected chi connectivity index (χ2v) is 4.99. The Labute approximate surface area is 90.7 Å². The van der Waals surface area contributed by atoms with Gasteiger partial charge in [0.2, 0.25) is 0 Å². The summed E-state index contributed by atoms with van der Waals surface area (Å²) >= 11 is 0. The number of nitrogen functional groups attached to an aromatic ring is 1. The van der Waals surface area contributed by atoms with Crippen LogP contribution in [0.2, 0.25) is 0 Å². The van der Waals surface area contributed by atoms with Crippen LogP contribution < -0.4 is 5.73 Å². The largest absolute Gasteiger partial charge is 0.383 e. The Hall–Kier alpha value is -1.50. The molecular formula is C11H18N4. The van der Waals surface area contributed by atoms with Crippen LogP contribution in [-0.2, 0) is 6.54 Å². The minimum Gasteiger partial charge on any atom is -0.383 e. The monoisotopic (exact) mass is 206 g/mol. The molecule has 1 aromatic rings. The van der Waals surface area contributed by atoms with Gasteiger partial charge in [-0.1, -0.05) is 20.8 Å². The number of hydrogen-bond donors (Lipinski definition) is 1. The molecule has 0 fully saturated rings. The first-order valence-electron chi connectivity index (χ1n) is 5.08. The van der Waals surface area contributed by atoms with Crippen LogP contribution in [-0.4, -0.2) is 9.78 Å². The van der Waals surface area contributed by atoms with E-state index in [1.54, 1.807) is 4.68 Å². The molecule has 1 heterocycles. The van der Waals surface area contributed by atoms with Crippen molar-refractivity contribution in [1.82, 2.24) is 9.78 Å². The smallest absolute Gasteiger partial charge is 0.140 e. The van der Waals surface area contributed by atoms with E-state index < -0.39 is 0 Å². The summed E-state index contributed by atoms with van der Waals surface area (Å²) in [5.41, 5.74) is 7.29. The molecule has 82 valence electrons. The fraction of sp³-hybridized carbons (Fsp3) is 0.636. The molecule has 1 aromatic heterocycles. The van der Waals surface area contributed by atoms with E-state index in [1.165, 1.54) is 0 Å². The van der Waals surface area contributed by atoms with Gasteiger partial charge in [-0.2, -0.15) is 10.4 Å². The predicted octanol–water partition coefficient (Wildman–Crippen LogP) is 2.08. The number of nitrogens with zero attached hydrogens (tertiary/aromatic N) is 3. The van der Waals surface area contributed by atoms with Gasteiger partial charge in [0.05, 0.1) is 5.69 Å². The Morgan fingerprint density at radius 2 is 2.07 bits per heavy atom. The molecule has 0 aliphatic rings. The molecule has 0 unspecified atom stereocenters. The van der Waals surface area contributed by atoms with E-state index in [9.17, 15) is 0 Å². The van der Waals surface area contributed by atoms with Crippen molar-refractivity contribution in [2.24, 2.45) is 5.41 Å². The fourth-order valence-corrected chi connectivity index (χ4v) is 1.35. The molecule has 0 atom stereocenters. The lowest BCUT2D eigenvalue weighted by Crippen LogP contribution is -2.13. The Bertz CT molecular complexity index is 390. The van der Waals surface area contributed by atoms with Crippen LogP contribution >= 0.6 is 0 Å². The first kappa shape index (κ1) is 11.6. The summed E-state index contributed by atoms with van der Waals surface area (Å²) in [5.74, 6) is 0.485. The zero-order chi connectivity index (χ0) is 11.6. The predicted molar refractivity (Wildman–Crippen MR) is 60.2 cm³/mol. The fourth-order valence-electron chi connectivity index (χ4n) is 1.35. The molecule has 0 bridgehead atoms. The number of rotatable bonds is 2. The molecule has 0 spiro atoms. The highest BCUT2D eigenvalue weighted by molar-refractivity contribution is 5.51. The maximum Gasteiger partial charge on any atom is 0.140 e. The van der Waals surface area contributed by atoms with E-state index in [-0.39, 0.29) is 5.41 Å². The standard InChI is InChI=1S/C11H18N4/c1-8-9(7-12)10(13)15(14-8)6-5-11(2,3)4/h5-6,13H2,1-4H3. The average molecular weight is 206 g/mol. The summed E-state index contributed by atoms with van der Waals surface area (Å²) < 4.78 is 1.72. The van der Waals surface area contributed by atoms with Gasteiger partial charge in [0.1, 0.15) is 17.5 Å². The van der Waals surface area contributed by atoms with Gasteiger partial charge in [0.15, 0.2) is 0 Å². The molecule has 0 amide bonds. The molecule has 4 heteroatoms. The quantitative estimate of drug-likeness (QED) is 0.805. The van der Waals surface area contributed by atoms with E-state index in [4.69, 9.17) is 11.0 Å². The molecule has 0 radical (unpaired) electrons. The molecule has 0 saturated carbocycles. The van der Waals surface area contributed by atoms with Gasteiger partial charge in [-0.3, -0.25) is 0 Å². The third kappa shape index (κ3) is 2.72. The topological polar surface area (TPSA) is 67.6 Å². The lowest BCUT2D eigenvalue weighted by Gasteiger charge is -2.17. The van der Waals surface area contributed by atoms with Gasteiger partial charge in [-0.15, -0.1) is 0 Å². The minimum atomic E-state index is 0.249. The average Bonchev–Trinajstić information content (AvgIpc) is 2.37. The van der Waals surface area contributed by atoms with Crippen LogP contribution in [0.15, 0.2) is 0 Å². The maximum atomic E-state index is 8.86. The van der Waals surface area contributed by atoms with Gasteiger partial charge in [0.25, 0.3) is 0 Å². The molecule has 2 N–H and O–H groups in total. The van der Waals surface area contributed by atoms with E-state index in [0.717, 1.165) is 13.0 Å². The molecule has 4 nitrogen and oxygen atoms in total. The van der Waals surface area contributed by atoms with Crippen molar-refractivity contribution in [2.75, 3.05) is 5.73 Å². The number of anilines is 1. The Kier molecular flexibility index (Phi) is 3.04. The van der Waals surface area contributed by atoms with Crippen LogP contribution in [0.5, 0.6) is 0 Å². The second kappa shape index (κ2) is 3.93. The normalized spacial score (nSPS) is 11.4. The van der Waals surface area contributed by atoms with E-state index in [1.807, 2.05) is 6.92 Å². The molecule has 15 heavy (non-hydrogen) atoms. The highest BCUT2D eigenvalue weighted by atomic mass is 15.3. The number of aryl methyl sites for hydroxylation is 2. The number of aromatic nitrogens is 2.